The molecule has 3 heteroatoms. The molecule has 1 aromatic rings. The Morgan fingerprint density at radius 1 is 1.14 bits per heavy atom. The fourth-order valence-electron chi connectivity index (χ4n) is 3.12. The van der Waals surface area contributed by atoms with Crippen LogP contribution >= 0.6 is 11.6 Å². The van der Waals surface area contributed by atoms with Crippen molar-refractivity contribution in [3.63, 3.8) is 0 Å². The molecule has 0 bridgehead atoms. The zero-order valence-electron chi connectivity index (χ0n) is 13.3. The minimum atomic E-state index is 0.377. The molecule has 1 unspecified atom stereocenters. The van der Waals surface area contributed by atoms with Gasteiger partial charge in [-0.1, -0.05) is 49.6 Å². The van der Waals surface area contributed by atoms with E-state index in [4.69, 9.17) is 11.6 Å². The Morgan fingerprint density at radius 3 is 2.52 bits per heavy atom. The lowest BCUT2D eigenvalue weighted by Gasteiger charge is -2.25. The molecule has 1 aromatic carbocycles. The lowest BCUT2D eigenvalue weighted by molar-refractivity contribution is 0.266. The smallest absolute Gasteiger partial charge is 0.0453 e. The Labute approximate surface area is 134 Å². The van der Waals surface area contributed by atoms with Crippen LogP contribution in [0.3, 0.4) is 0 Å². The highest BCUT2D eigenvalue weighted by molar-refractivity contribution is 6.31. The van der Waals surface area contributed by atoms with Crippen molar-refractivity contribution in [1.29, 1.82) is 0 Å². The molecular weight excluding hydrogens is 280 g/mol. The van der Waals surface area contributed by atoms with Gasteiger partial charge in [0.25, 0.3) is 0 Å². The maximum absolute atomic E-state index is 6.39. The molecule has 1 aliphatic heterocycles. The van der Waals surface area contributed by atoms with E-state index < -0.39 is 0 Å². The summed E-state index contributed by atoms with van der Waals surface area (Å²) in [5.41, 5.74) is 1.25. The Bertz CT molecular complexity index is 400. The summed E-state index contributed by atoms with van der Waals surface area (Å²) in [6.07, 6.45) is 7.82. The number of hydrogen-bond acceptors (Lipinski definition) is 2. The standard InChI is InChI=1S/C18H29ClN2/c1-2-12-20-18(16-9-5-6-10-17(16)19)11-15-21-13-7-3-4-8-14-21/h5-6,9-10,18,20H,2-4,7-8,11-15H2,1H3. The molecule has 1 fully saturated rings. The van der Waals surface area contributed by atoms with Crippen molar-refractivity contribution in [3.05, 3.63) is 34.9 Å². The van der Waals surface area contributed by atoms with Crippen molar-refractivity contribution in [3.8, 4) is 0 Å². The summed E-state index contributed by atoms with van der Waals surface area (Å²) >= 11 is 6.39. The summed E-state index contributed by atoms with van der Waals surface area (Å²) in [6.45, 7) is 6.97. The lowest BCUT2D eigenvalue weighted by Crippen LogP contribution is -2.30. The van der Waals surface area contributed by atoms with E-state index in [1.54, 1.807) is 0 Å². The molecule has 1 atom stereocenters. The minimum absolute atomic E-state index is 0.377. The Balaban J connectivity index is 1.94. The highest BCUT2D eigenvalue weighted by Crippen LogP contribution is 2.25. The van der Waals surface area contributed by atoms with Crippen LogP contribution in [0.1, 0.15) is 57.1 Å². The molecule has 0 saturated carbocycles. The third-order valence-corrected chi connectivity index (χ3v) is 4.70. The van der Waals surface area contributed by atoms with Crippen molar-refractivity contribution < 1.29 is 0 Å². The molecule has 118 valence electrons. The summed E-state index contributed by atoms with van der Waals surface area (Å²) in [7, 11) is 0. The second kappa shape index (κ2) is 9.45. The molecular formula is C18H29ClN2. The van der Waals surface area contributed by atoms with Crippen LogP contribution in [0.5, 0.6) is 0 Å². The third kappa shape index (κ3) is 5.61. The summed E-state index contributed by atoms with van der Waals surface area (Å²) in [5.74, 6) is 0. The summed E-state index contributed by atoms with van der Waals surface area (Å²) < 4.78 is 0. The fraction of sp³-hybridized carbons (Fsp3) is 0.667. The second-order valence-corrected chi connectivity index (χ2v) is 6.48. The average Bonchev–Trinajstić information content (AvgIpc) is 2.77. The van der Waals surface area contributed by atoms with Crippen molar-refractivity contribution >= 4 is 11.6 Å². The number of hydrogen-bond donors (Lipinski definition) is 1. The van der Waals surface area contributed by atoms with E-state index in [-0.39, 0.29) is 0 Å². The first-order chi connectivity index (χ1) is 10.3. The SMILES string of the molecule is CCCNC(CCN1CCCCCC1)c1ccccc1Cl. The predicted molar refractivity (Wildman–Crippen MR) is 92.0 cm³/mol. The summed E-state index contributed by atoms with van der Waals surface area (Å²) in [4.78, 5) is 2.63. The first-order valence-corrected chi connectivity index (χ1v) is 8.89. The van der Waals surface area contributed by atoms with Gasteiger partial charge in [0.2, 0.25) is 0 Å². The third-order valence-electron chi connectivity index (χ3n) is 4.35. The quantitative estimate of drug-likeness (QED) is 0.789. The van der Waals surface area contributed by atoms with Gasteiger partial charge in [-0.2, -0.15) is 0 Å². The van der Waals surface area contributed by atoms with E-state index in [2.05, 4.69) is 29.3 Å². The number of nitrogens with zero attached hydrogens (tertiary/aromatic N) is 1. The van der Waals surface area contributed by atoms with Crippen molar-refractivity contribution in [1.82, 2.24) is 10.2 Å². The van der Waals surface area contributed by atoms with Gasteiger partial charge in [0, 0.05) is 11.1 Å². The first-order valence-electron chi connectivity index (χ1n) is 8.51. The fourth-order valence-corrected chi connectivity index (χ4v) is 3.38. The second-order valence-electron chi connectivity index (χ2n) is 6.07. The van der Waals surface area contributed by atoms with Crippen LogP contribution < -0.4 is 5.32 Å². The highest BCUT2D eigenvalue weighted by Gasteiger charge is 2.16. The molecule has 1 saturated heterocycles. The molecule has 2 rings (SSSR count). The first kappa shape index (κ1) is 16.8. The number of rotatable bonds is 7. The summed E-state index contributed by atoms with van der Waals surface area (Å²) in [5, 5.41) is 4.56. The zero-order chi connectivity index (χ0) is 14.9. The van der Waals surface area contributed by atoms with Gasteiger partial charge in [0.1, 0.15) is 0 Å². The molecule has 1 aliphatic rings. The number of nitrogens with one attached hydrogen (secondary N) is 1. The van der Waals surface area contributed by atoms with Crippen LogP contribution in [0.4, 0.5) is 0 Å². The van der Waals surface area contributed by atoms with E-state index in [1.165, 1.54) is 50.9 Å². The lowest BCUT2D eigenvalue weighted by atomic mass is 10.0. The zero-order valence-corrected chi connectivity index (χ0v) is 14.0. The van der Waals surface area contributed by atoms with Crippen molar-refractivity contribution in [2.45, 2.75) is 51.5 Å². The van der Waals surface area contributed by atoms with Gasteiger partial charge in [-0.25, -0.2) is 0 Å². The Morgan fingerprint density at radius 2 is 1.86 bits per heavy atom. The molecule has 0 aromatic heterocycles. The van der Waals surface area contributed by atoms with Crippen LogP contribution in [0, 0.1) is 0 Å². The minimum Gasteiger partial charge on any atom is -0.310 e. The topological polar surface area (TPSA) is 15.3 Å². The number of likely N-dealkylation sites (tertiary alicyclic amines) is 1. The normalized spacial score (nSPS) is 18.4. The Kier molecular flexibility index (Phi) is 7.56. The van der Waals surface area contributed by atoms with Gasteiger partial charge < -0.3 is 10.2 Å². The molecule has 2 nitrogen and oxygen atoms in total. The van der Waals surface area contributed by atoms with Gasteiger partial charge in [0.15, 0.2) is 0 Å². The molecule has 0 aliphatic carbocycles. The number of benzene rings is 1. The van der Waals surface area contributed by atoms with Crippen LogP contribution in [0.25, 0.3) is 0 Å². The molecule has 0 radical (unpaired) electrons. The Hall–Kier alpha value is -0.570. The number of halogens is 1. The van der Waals surface area contributed by atoms with E-state index in [9.17, 15) is 0 Å². The van der Waals surface area contributed by atoms with Crippen LogP contribution in [0.2, 0.25) is 5.02 Å². The van der Waals surface area contributed by atoms with E-state index in [0.29, 0.717) is 6.04 Å². The highest BCUT2D eigenvalue weighted by atomic mass is 35.5. The van der Waals surface area contributed by atoms with E-state index in [0.717, 1.165) is 24.4 Å². The average molecular weight is 309 g/mol. The molecule has 0 spiro atoms. The molecule has 1 heterocycles. The predicted octanol–water partition coefficient (Wildman–Crippen LogP) is 4.65. The molecule has 0 amide bonds. The van der Waals surface area contributed by atoms with Gasteiger partial charge in [-0.3, -0.25) is 0 Å². The monoisotopic (exact) mass is 308 g/mol. The van der Waals surface area contributed by atoms with Crippen LogP contribution in [-0.2, 0) is 0 Å². The van der Waals surface area contributed by atoms with Crippen LogP contribution in [-0.4, -0.2) is 31.1 Å². The van der Waals surface area contributed by atoms with E-state index >= 15 is 0 Å². The molecule has 21 heavy (non-hydrogen) atoms. The largest absolute Gasteiger partial charge is 0.310 e. The van der Waals surface area contributed by atoms with Gasteiger partial charge in [0.05, 0.1) is 0 Å². The van der Waals surface area contributed by atoms with Gasteiger partial charge in [-0.15, -0.1) is 0 Å². The van der Waals surface area contributed by atoms with Gasteiger partial charge in [-0.05, 0) is 63.5 Å². The van der Waals surface area contributed by atoms with E-state index in [1.807, 2.05) is 12.1 Å². The summed E-state index contributed by atoms with van der Waals surface area (Å²) in [6, 6.07) is 8.65. The van der Waals surface area contributed by atoms with Crippen molar-refractivity contribution in [2.75, 3.05) is 26.2 Å². The van der Waals surface area contributed by atoms with Crippen molar-refractivity contribution in [2.24, 2.45) is 0 Å². The maximum Gasteiger partial charge on any atom is 0.0453 e. The molecule has 1 N–H and O–H groups in total. The van der Waals surface area contributed by atoms with Crippen LogP contribution in [0.15, 0.2) is 24.3 Å². The van der Waals surface area contributed by atoms with Gasteiger partial charge >= 0.3 is 0 Å². The maximum atomic E-state index is 6.39.